The number of aromatic hydroxyl groups is 3. The molecule has 2 rings (SSSR count). The number of hydrogen-bond donors (Lipinski definition) is 6. The molecule has 0 bridgehead atoms. The first kappa shape index (κ1) is 27.0. The molecular formula is C24H28N2O9. The summed E-state index contributed by atoms with van der Waals surface area (Å²) in [4.78, 5) is 50.6. The van der Waals surface area contributed by atoms with Crippen LogP contribution in [0.15, 0.2) is 42.5 Å². The number of nitrogens with one attached hydrogen (secondary N) is 1. The first-order chi connectivity index (χ1) is 16.4. The summed E-state index contributed by atoms with van der Waals surface area (Å²) in [6.07, 6.45) is 0.159. The molecule has 11 nitrogen and oxygen atoms in total. The molecule has 2 aromatic rings. The summed E-state index contributed by atoms with van der Waals surface area (Å²) in [5.41, 5.74) is 0.419. The molecule has 2 amide bonds. The van der Waals surface area contributed by atoms with Gasteiger partial charge < -0.3 is 35.7 Å². The Kier molecular flexibility index (Phi) is 9.04. The second kappa shape index (κ2) is 11.7. The van der Waals surface area contributed by atoms with Crippen LogP contribution in [0.5, 0.6) is 17.2 Å². The topological polar surface area (TPSA) is 185 Å². The minimum absolute atomic E-state index is 0.0867. The lowest BCUT2D eigenvalue weighted by Gasteiger charge is -2.37. The van der Waals surface area contributed by atoms with Gasteiger partial charge in [-0.1, -0.05) is 44.2 Å². The van der Waals surface area contributed by atoms with Gasteiger partial charge >= 0.3 is 11.9 Å². The number of phenolic OH excluding ortho intramolecular Hbond substituents is 3. The van der Waals surface area contributed by atoms with E-state index in [4.69, 9.17) is 5.11 Å². The number of carboxylic acids is 2. The summed E-state index contributed by atoms with van der Waals surface area (Å²) in [5, 5.41) is 50.5. The number of aliphatic carboxylic acids is 2. The zero-order chi connectivity index (χ0) is 26.3. The third-order valence-corrected chi connectivity index (χ3v) is 5.33. The Balaban J connectivity index is 2.57. The lowest BCUT2D eigenvalue weighted by Crippen LogP contribution is -2.58. The molecule has 2 aromatic carbocycles. The number of phenols is 3. The summed E-state index contributed by atoms with van der Waals surface area (Å²) in [6, 6.07) is 7.64. The van der Waals surface area contributed by atoms with Crippen molar-refractivity contribution in [2.75, 3.05) is 6.54 Å². The van der Waals surface area contributed by atoms with E-state index in [1.807, 2.05) is 0 Å². The van der Waals surface area contributed by atoms with E-state index in [-0.39, 0.29) is 18.4 Å². The molecule has 0 saturated heterocycles. The molecule has 2 unspecified atom stereocenters. The van der Waals surface area contributed by atoms with E-state index in [1.54, 1.807) is 44.2 Å². The molecule has 188 valence electrons. The predicted octanol–water partition coefficient (Wildman–Crippen LogP) is 1.56. The summed E-state index contributed by atoms with van der Waals surface area (Å²) in [6.45, 7) is 2.38. The van der Waals surface area contributed by atoms with Crippen molar-refractivity contribution >= 4 is 23.8 Å². The average molecular weight is 488 g/mol. The van der Waals surface area contributed by atoms with Gasteiger partial charge in [0.05, 0.1) is 0 Å². The average Bonchev–Trinajstić information content (AvgIpc) is 2.79. The van der Waals surface area contributed by atoms with Crippen LogP contribution < -0.4 is 5.32 Å². The maximum absolute atomic E-state index is 13.6. The monoisotopic (exact) mass is 488 g/mol. The Bertz CT molecular complexity index is 1060. The van der Waals surface area contributed by atoms with Gasteiger partial charge in [0.1, 0.15) is 18.6 Å². The smallest absolute Gasteiger partial charge is 0.326 e. The molecule has 0 aliphatic rings. The third-order valence-electron chi connectivity index (χ3n) is 5.33. The van der Waals surface area contributed by atoms with Crippen molar-refractivity contribution in [2.45, 2.75) is 38.8 Å². The molecule has 0 saturated carbocycles. The number of carbonyl (C=O) groups is 4. The molecule has 0 aliphatic carbocycles. The number of rotatable bonds is 11. The van der Waals surface area contributed by atoms with Crippen LogP contribution in [0.2, 0.25) is 0 Å². The van der Waals surface area contributed by atoms with Gasteiger partial charge in [0.15, 0.2) is 17.2 Å². The van der Waals surface area contributed by atoms with Crippen molar-refractivity contribution in [1.29, 1.82) is 0 Å². The highest BCUT2D eigenvalue weighted by molar-refractivity contribution is 6.01. The van der Waals surface area contributed by atoms with E-state index in [0.29, 0.717) is 0 Å². The zero-order valence-corrected chi connectivity index (χ0v) is 19.2. The molecular weight excluding hydrogens is 460 g/mol. The van der Waals surface area contributed by atoms with Crippen molar-refractivity contribution in [3.05, 3.63) is 53.6 Å². The molecule has 0 fully saturated rings. The molecule has 2 atom stereocenters. The largest absolute Gasteiger partial charge is 0.504 e. The van der Waals surface area contributed by atoms with E-state index in [1.165, 1.54) is 0 Å². The van der Waals surface area contributed by atoms with Crippen molar-refractivity contribution in [1.82, 2.24) is 10.2 Å². The van der Waals surface area contributed by atoms with E-state index < -0.39 is 65.5 Å². The second-order valence-corrected chi connectivity index (χ2v) is 8.25. The molecule has 0 heterocycles. The van der Waals surface area contributed by atoms with Gasteiger partial charge in [0.25, 0.3) is 5.91 Å². The van der Waals surface area contributed by atoms with Crippen LogP contribution in [0.3, 0.4) is 0 Å². The molecule has 6 N–H and O–H groups in total. The number of amides is 2. The van der Waals surface area contributed by atoms with Crippen molar-refractivity contribution in [3.8, 4) is 17.2 Å². The summed E-state index contributed by atoms with van der Waals surface area (Å²) in [5.74, 6) is -7.78. The number of nitrogens with zero attached hydrogens (tertiary/aromatic N) is 1. The quantitative estimate of drug-likeness (QED) is 0.255. The van der Waals surface area contributed by atoms with E-state index >= 15 is 0 Å². The molecule has 35 heavy (non-hydrogen) atoms. The fourth-order valence-corrected chi connectivity index (χ4v) is 3.69. The molecule has 0 aromatic heterocycles. The Morgan fingerprint density at radius 3 is 2.00 bits per heavy atom. The lowest BCUT2D eigenvalue weighted by atomic mass is 9.95. The van der Waals surface area contributed by atoms with Crippen molar-refractivity contribution in [2.24, 2.45) is 5.92 Å². The van der Waals surface area contributed by atoms with Crippen LogP contribution in [0, 0.1) is 5.92 Å². The van der Waals surface area contributed by atoms with E-state index in [0.717, 1.165) is 22.6 Å². The number of hydrogen-bond acceptors (Lipinski definition) is 7. The first-order valence-corrected chi connectivity index (χ1v) is 10.8. The van der Waals surface area contributed by atoms with Crippen molar-refractivity contribution < 1.29 is 44.7 Å². The fourth-order valence-electron chi connectivity index (χ4n) is 3.69. The van der Waals surface area contributed by atoms with Gasteiger partial charge in [-0.15, -0.1) is 0 Å². The highest BCUT2D eigenvalue weighted by atomic mass is 16.4. The number of carbonyl (C=O) groups excluding carboxylic acids is 2. The van der Waals surface area contributed by atoms with Gasteiger partial charge in [0, 0.05) is 5.56 Å². The second-order valence-electron chi connectivity index (χ2n) is 8.25. The zero-order valence-electron chi connectivity index (χ0n) is 19.2. The maximum Gasteiger partial charge on any atom is 0.326 e. The van der Waals surface area contributed by atoms with Gasteiger partial charge in [-0.25, -0.2) is 4.79 Å². The van der Waals surface area contributed by atoms with Gasteiger partial charge in [0.2, 0.25) is 5.91 Å². The van der Waals surface area contributed by atoms with Crippen molar-refractivity contribution in [3.63, 3.8) is 0 Å². The van der Waals surface area contributed by atoms with Crippen LogP contribution in [-0.2, 0) is 20.8 Å². The lowest BCUT2D eigenvalue weighted by molar-refractivity contribution is -0.146. The normalized spacial score (nSPS) is 12.5. The Morgan fingerprint density at radius 1 is 0.943 bits per heavy atom. The standard InChI is InChI=1S/C24H28N2O9/c1-13(2)20(22(32)25-12-19(29)30)26(23(33)15-10-17(27)21(31)18(28)11-15)16(24(34)35)9-8-14-6-4-3-5-7-14/h3-7,10-11,13,16,20,27-28,31H,8-9,12H2,1-2H3,(H,25,32)(H,29,30)(H,34,35). The Hall–Kier alpha value is -4.28. The summed E-state index contributed by atoms with van der Waals surface area (Å²) >= 11 is 0. The fraction of sp³-hybridized carbons (Fsp3) is 0.333. The Labute approximate surface area is 201 Å². The summed E-state index contributed by atoms with van der Waals surface area (Å²) in [7, 11) is 0. The molecule has 11 heteroatoms. The highest BCUT2D eigenvalue weighted by Crippen LogP contribution is 2.36. The molecule has 0 radical (unpaired) electrons. The summed E-state index contributed by atoms with van der Waals surface area (Å²) < 4.78 is 0. The first-order valence-electron chi connectivity index (χ1n) is 10.8. The van der Waals surface area contributed by atoms with Crippen LogP contribution in [0.4, 0.5) is 0 Å². The highest BCUT2D eigenvalue weighted by Gasteiger charge is 2.41. The van der Waals surface area contributed by atoms with Gasteiger partial charge in [-0.2, -0.15) is 0 Å². The van der Waals surface area contributed by atoms with Crippen LogP contribution >= 0.6 is 0 Å². The van der Waals surface area contributed by atoms with E-state index in [2.05, 4.69) is 5.32 Å². The predicted molar refractivity (Wildman–Crippen MR) is 123 cm³/mol. The number of aryl methyl sites for hydroxylation is 1. The SMILES string of the molecule is CC(C)C(C(=O)NCC(=O)O)N(C(=O)c1cc(O)c(O)c(O)c1)C(CCc1ccccc1)C(=O)O. The Morgan fingerprint density at radius 2 is 1.51 bits per heavy atom. The molecule has 0 spiro atoms. The van der Waals surface area contributed by atoms with Crippen LogP contribution in [0.1, 0.15) is 36.2 Å². The minimum atomic E-state index is -1.52. The maximum atomic E-state index is 13.6. The van der Waals surface area contributed by atoms with Crippen LogP contribution in [-0.4, -0.2) is 72.8 Å². The molecule has 0 aliphatic heterocycles. The minimum Gasteiger partial charge on any atom is -0.504 e. The number of carboxylic acid groups (broad SMARTS) is 2. The number of benzene rings is 2. The van der Waals surface area contributed by atoms with E-state index in [9.17, 15) is 39.6 Å². The third kappa shape index (κ3) is 6.85. The van der Waals surface area contributed by atoms with Gasteiger partial charge in [-0.05, 0) is 36.5 Å². The van der Waals surface area contributed by atoms with Gasteiger partial charge in [-0.3, -0.25) is 14.4 Å². The van der Waals surface area contributed by atoms with Crippen LogP contribution in [0.25, 0.3) is 0 Å².